The molecule has 0 amide bonds. The molecule has 1 aliphatic carbocycles. The van der Waals surface area contributed by atoms with E-state index in [-0.39, 0.29) is 5.41 Å². The number of hydrogen-bond donors (Lipinski definition) is 2. The van der Waals surface area contributed by atoms with Crippen LogP contribution in [-0.4, -0.2) is 35.3 Å². The fraction of sp³-hybridized carbons (Fsp3) is 0.714. The Morgan fingerprint density at radius 1 is 1.35 bits per heavy atom. The molecule has 0 spiro atoms. The van der Waals surface area contributed by atoms with Gasteiger partial charge >= 0.3 is 0 Å². The summed E-state index contributed by atoms with van der Waals surface area (Å²) in [5.74, 6) is 1.66. The molecule has 20 heavy (non-hydrogen) atoms. The van der Waals surface area contributed by atoms with E-state index >= 15 is 0 Å². The lowest BCUT2D eigenvalue weighted by molar-refractivity contribution is -0.0976. The Kier molecular flexibility index (Phi) is 4.86. The van der Waals surface area contributed by atoms with E-state index in [2.05, 4.69) is 50.4 Å². The van der Waals surface area contributed by atoms with E-state index in [0.29, 0.717) is 12.1 Å². The number of halogens is 1. The predicted molar refractivity (Wildman–Crippen MR) is 85.1 cm³/mol. The molecular weight excluding hydrogens is 320 g/mol. The molecule has 2 unspecified atom stereocenters. The molecule has 1 aromatic heterocycles. The zero-order valence-corrected chi connectivity index (χ0v) is 14.1. The molecule has 6 heteroatoms. The van der Waals surface area contributed by atoms with E-state index in [0.717, 1.165) is 35.7 Å². The van der Waals surface area contributed by atoms with Gasteiger partial charge in [-0.1, -0.05) is 13.8 Å². The summed E-state index contributed by atoms with van der Waals surface area (Å²) in [7, 11) is 0. The van der Waals surface area contributed by atoms with Crippen LogP contribution in [0, 0.1) is 5.41 Å². The van der Waals surface area contributed by atoms with Crippen LogP contribution in [0.4, 0.5) is 11.6 Å². The first kappa shape index (κ1) is 15.5. The van der Waals surface area contributed by atoms with Gasteiger partial charge in [0.1, 0.15) is 22.4 Å². The second-order valence-corrected chi connectivity index (χ2v) is 6.41. The van der Waals surface area contributed by atoms with Crippen molar-refractivity contribution in [1.82, 2.24) is 9.97 Å². The lowest BCUT2D eigenvalue weighted by atomic mass is 9.64. The largest absolute Gasteiger partial charge is 0.378 e. The summed E-state index contributed by atoms with van der Waals surface area (Å²) in [5.41, 5.74) is 0.110. The highest BCUT2D eigenvalue weighted by Gasteiger charge is 2.49. The highest BCUT2D eigenvalue weighted by molar-refractivity contribution is 9.10. The third-order valence-electron chi connectivity index (χ3n) is 3.99. The second-order valence-electron chi connectivity index (χ2n) is 5.61. The molecule has 2 N–H and O–H groups in total. The lowest BCUT2D eigenvalue weighted by Crippen LogP contribution is -2.58. The van der Waals surface area contributed by atoms with E-state index in [4.69, 9.17) is 4.74 Å². The quantitative estimate of drug-likeness (QED) is 0.830. The number of nitrogens with one attached hydrogen (secondary N) is 2. The first-order valence-corrected chi connectivity index (χ1v) is 7.92. The third kappa shape index (κ3) is 2.91. The van der Waals surface area contributed by atoms with Crippen molar-refractivity contribution < 1.29 is 4.74 Å². The van der Waals surface area contributed by atoms with Crippen molar-refractivity contribution in [3.8, 4) is 0 Å². The maximum Gasteiger partial charge on any atom is 0.146 e. The molecule has 1 heterocycles. The number of aromatic nitrogens is 2. The molecule has 2 rings (SSSR count). The number of nitrogens with zero attached hydrogens (tertiary/aromatic N) is 2. The first-order chi connectivity index (χ1) is 9.50. The summed E-state index contributed by atoms with van der Waals surface area (Å²) in [4.78, 5) is 8.56. The molecule has 1 fully saturated rings. The summed E-state index contributed by atoms with van der Waals surface area (Å²) >= 11 is 3.57. The minimum Gasteiger partial charge on any atom is -0.378 e. The molecule has 5 nitrogen and oxygen atoms in total. The van der Waals surface area contributed by atoms with Gasteiger partial charge in [-0.25, -0.2) is 9.97 Å². The van der Waals surface area contributed by atoms with Crippen molar-refractivity contribution in [3.05, 3.63) is 10.8 Å². The van der Waals surface area contributed by atoms with Crippen LogP contribution in [0.5, 0.6) is 0 Å². The van der Waals surface area contributed by atoms with Gasteiger partial charge in [-0.3, -0.25) is 0 Å². The fourth-order valence-electron chi connectivity index (χ4n) is 2.54. The van der Waals surface area contributed by atoms with E-state index < -0.39 is 0 Å². The van der Waals surface area contributed by atoms with E-state index in [1.807, 2.05) is 13.8 Å². The summed E-state index contributed by atoms with van der Waals surface area (Å²) in [6.45, 7) is 10.1. The zero-order chi connectivity index (χ0) is 14.8. The molecule has 1 aromatic rings. The van der Waals surface area contributed by atoms with E-state index in [1.54, 1.807) is 6.33 Å². The van der Waals surface area contributed by atoms with Crippen molar-refractivity contribution in [3.63, 3.8) is 0 Å². The first-order valence-electron chi connectivity index (χ1n) is 7.13. The van der Waals surface area contributed by atoms with Crippen molar-refractivity contribution in [2.75, 3.05) is 23.8 Å². The van der Waals surface area contributed by atoms with Gasteiger partial charge in [0.2, 0.25) is 0 Å². The highest BCUT2D eigenvalue weighted by atomic mass is 79.9. The van der Waals surface area contributed by atoms with Crippen molar-refractivity contribution in [2.24, 2.45) is 5.41 Å². The van der Waals surface area contributed by atoms with Crippen LogP contribution in [0.15, 0.2) is 10.8 Å². The Labute approximate surface area is 129 Å². The number of anilines is 2. The van der Waals surface area contributed by atoms with Crippen LogP contribution >= 0.6 is 15.9 Å². The van der Waals surface area contributed by atoms with Crippen LogP contribution in [0.25, 0.3) is 0 Å². The number of hydrogen-bond acceptors (Lipinski definition) is 5. The van der Waals surface area contributed by atoms with Gasteiger partial charge in [0.05, 0.1) is 6.10 Å². The van der Waals surface area contributed by atoms with Gasteiger partial charge in [0.15, 0.2) is 0 Å². The average Bonchev–Trinajstić information content (AvgIpc) is 2.42. The molecule has 0 bridgehead atoms. The van der Waals surface area contributed by atoms with Crippen LogP contribution in [0.2, 0.25) is 0 Å². The second kappa shape index (κ2) is 6.26. The molecule has 0 aliphatic heterocycles. The maximum absolute atomic E-state index is 5.76. The van der Waals surface area contributed by atoms with Crippen molar-refractivity contribution in [1.29, 1.82) is 0 Å². The molecule has 0 saturated heterocycles. The lowest BCUT2D eigenvalue weighted by Gasteiger charge is -2.51. The van der Waals surface area contributed by atoms with Gasteiger partial charge in [-0.05, 0) is 36.2 Å². The average molecular weight is 343 g/mol. The van der Waals surface area contributed by atoms with Gasteiger partial charge in [0.25, 0.3) is 0 Å². The van der Waals surface area contributed by atoms with Gasteiger partial charge in [-0.2, -0.15) is 0 Å². The third-order valence-corrected chi connectivity index (χ3v) is 4.74. The van der Waals surface area contributed by atoms with Crippen molar-refractivity contribution >= 4 is 27.6 Å². The normalized spacial score (nSPS) is 24.1. The molecule has 0 radical (unpaired) electrons. The highest BCUT2D eigenvalue weighted by Crippen LogP contribution is 2.45. The summed E-state index contributed by atoms with van der Waals surface area (Å²) in [6.07, 6.45) is 2.91. The number of ether oxygens (including phenoxy) is 1. The van der Waals surface area contributed by atoms with Gasteiger partial charge < -0.3 is 15.4 Å². The van der Waals surface area contributed by atoms with E-state index in [9.17, 15) is 0 Å². The van der Waals surface area contributed by atoms with Crippen LogP contribution < -0.4 is 10.6 Å². The molecule has 112 valence electrons. The molecular formula is C14H23BrN4O. The van der Waals surface area contributed by atoms with Crippen LogP contribution in [-0.2, 0) is 4.74 Å². The minimum absolute atomic E-state index is 0.110. The Balaban J connectivity index is 2.07. The Morgan fingerprint density at radius 3 is 2.65 bits per heavy atom. The van der Waals surface area contributed by atoms with Crippen LogP contribution in [0.3, 0.4) is 0 Å². The molecule has 1 saturated carbocycles. The SMILES string of the molecule is CCNc1ncnc(NC2CC(OCC)C2(C)C)c1Br. The Morgan fingerprint density at radius 2 is 2.05 bits per heavy atom. The predicted octanol–water partition coefficient (Wildman–Crippen LogP) is 3.29. The topological polar surface area (TPSA) is 59.1 Å². The maximum atomic E-state index is 5.76. The smallest absolute Gasteiger partial charge is 0.146 e. The summed E-state index contributed by atoms with van der Waals surface area (Å²) in [6, 6.07) is 0.361. The van der Waals surface area contributed by atoms with E-state index in [1.165, 1.54) is 0 Å². The Bertz CT molecular complexity index is 466. The van der Waals surface area contributed by atoms with Crippen molar-refractivity contribution in [2.45, 2.75) is 46.3 Å². The molecule has 2 atom stereocenters. The van der Waals surface area contributed by atoms with Gasteiger partial charge in [-0.15, -0.1) is 0 Å². The minimum atomic E-state index is 0.110. The fourth-order valence-corrected chi connectivity index (χ4v) is 3.00. The standard InChI is InChI=1S/C14H23BrN4O/c1-5-16-12-11(15)13(18-8-17-12)19-9-7-10(20-6-2)14(9,3)4/h8-10H,5-7H2,1-4H3,(H2,16,17,18,19). The summed E-state index contributed by atoms with van der Waals surface area (Å²) in [5, 5.41) is 6.72. The van der Waals surface area contributed by atoms with Crippen LogP contribution in [0.1, 0.15) is 34.1 Å². The van der Waals surface area contributed by atoms with Gasteiger partial charge in [0, 0.05) is 24.6 Å². The summed E-state index contributed by atoms with van der Waals surface area (Å²) < 4.78 is 6.64. The molecule has 0 aromatic carbocycles. The monoisotopic (exact) mass is 342 g/mol. The zero-order valence-electron chi connectivity index (χ0n) is 12.5. The number of rotatable bonds is 6. The molecule has 1 aliphatic rings. The Hall–Kier alpha value is -0.880.